The smallest absolute Gasteiger partial charge is 0.218 e. The number of rotatable bonds is 4. The van der Waals surface area contributed by atoms with Gasteiger partial charge in [0.1, 0.15) is 17.3 Å². The molecule has 2 rings (SSSR count). The lowest BCUT2D eigenvalue weighted by atomic mass is 10.1. The Hall–Kier alpha value is -1.56. The van der Waals surface area contributed by atoms with Crippen LogP contribution in [0.25, 0.3) is 0 Å². The second-order valence-electron chi connectivity index (χ2n) is 3.99. The molecule has 0 spiro atoms. The SMILES string of the molecule is CCCn1ncc(Br)c1C(=O)c1c(F)cccc1F. The van der Waals surface area contributed by atoms with Crippen molar-refractivity contribution in [3.63, 3.8) is 0 Å². The average molecular weight is 329 g/mol. The average Bonchev–Trinajstić information content (AvgIpc) is 2.70. The highest BCUT2D eigenvalue weighted by Gasteiger charge is 2.24. The van der Waals surface area contributed by atoms with Gasteiger partial charge >= 0.3 is 0 Å². The molecule has 0 aliphatic heterocycles. The zero-order valence-corrected chi connectivity index (χ0v) is 11.7. The van der Waals surface area contributed by atoms with E-state index >= 15 is 0 Å². The van der Waals surface area contributed by atoms with Crippen molar-refractivity contribution >= 4 is 21.7 Å². The number of benzene rings is 1. The lowest BCUT2D eigenvalue weighted by Gasteiger charge is -2.07. The second kappa shape index (κ2) is 5.61. The molecule has 1 aromatic heterocycles. The first-order valence-corrected chi connectivity index (χ1v) is 6.55. The molecule has 100 valence electrons. The summed E-state index contributed by atoms with van der Waals surface area (Å²) in [5.41, 5.74) is -0.396. The Bertz CT molecular complexity index is 605. The van der Waals surface area contributed by atoms with Gasteiger partial charge in [-0.2, -0.15) is 5.10 Å². The van der Waals surface area contributed by atoms with Crippen molar-refractivity contribution < 1.29 is 13.6 Å². The van der Waals surface area contributed by atoms with Gasteiger partial charge in [0.25, 0.3) is 0 Å². The molecular formula is C13H11BrF2N2O. The van der Waals surface area contributed by atoms with E-state index in [4.69, 9.17) is 0 Å². The minimum atomic E-state index is -0.874. The summed E-state index contributed by atoms with van der Waals surface area (Å²) < 4.78 is 29.1. The van der Waals surface area contributed by atoms with Crippen molar-refractivity contribution in [1.82, 2.24) is 9.78 Å². The zero-order valence-electron chi connectivity index (χ0n) is 10.2. The summed E-state index contributed by atoms with van der Waals surface area (Å²) in [4.78, 5) is 12.3. The van der Waals surface area contributed by atoms with Crippen LogP contribution in [0.5, 0.6) is 0 Å². The number of nitrogens with zero attached hydrogens (tertiary/aromatic N) is 2. The van der Waals surface area contributed by atoms with Crippen LogP contribution in [0, 0.1) is 11.6 Å². The molecule has 1 heterocycles. The highest BCUT2D eigenvalue weighted by atomic mass is 79.9. The fourth-order valence-electron chi connectivity index (χ4n) is 1.80. The molecule has 0 amide bonds. The standard InChI is InChI=1S/C13H11BrF2N2O/c1-2-6-18-12(8(14)7-17-18)13(19)11-9(15)4-3-5-10(11)16/h3-5,7H,2,6H2,1H3. The normalized spacial score (nSPS) is 10.7. The van der Waals surface area contributed by atoms with E-state index in [0.29, 0.717) is 11.0 Å². The third-order valence-electron chi connectivity index (χ3n) is 2.64. The van der Waals surface area contributed by atoms with Gasteiger partial charge in [-0.3, -0.25) is 9.48 Å². The maximum absolute atomic E-state index is 13.6. The van der Waals surface area contributed by atoms with Gasteiger partial charge in [0, 0.05) is 6.54 Å². The predicted octanol–water partition coefficient (Wildman–Crippen LogP) is 3.56. The quantitative estimate of drug-likeness (QED) is 0.804. The molecule has 0 saturated heterocycles. The topological polar surface area (TPSA) is 34.9 Å². The van der Waals surface area contributed by atoms with Crippen LogP contribution >= 0.6 is 15.9 Å². The maximum Gasteiger partial charge on any atom is 0.218 e. The van der Waals surface area contributed by atoms with Crippen molar-refractivity contribution in [2.24, 2.45) is 0 Å². The largest absolute Gasteiger partial charge is 0.287 e. The van der Waals surface area contributed by atoms with Crippen LogP contribution in [0.3, 0.4) is 0 Å². The zero-order chi connectivity index (χ0) is 14.0. The molecule has 6 heteroatoms. The van der Waals surface area contributed by atoms with Crippen LogP contribution in [-0.2, 0) is 6.54 Å². The van der Waals surface area contributed by atoms with Crippen LogP contribution in [0.15, 0.2) is 28.9 Å². The molecule has 0 radical (unpaired) electrons. The molecule has 0 bridgehead atoms. The van der Waals surface area contributed by atoms with Gasteiger partial charge in [-0.1, -0.05) is 13.0 Å². The van der Waals surface area contributed by atoms with E-state index < -0.39 is 23.0 Å². The van der Waals surface area contributed by atoms with Gasteiger partial charge < -0.3 is 0 Å². The van der Waals surface area contributed by atoms with Crippen LogP contribution in [0.2, 0.25) is 0 Å². The summed E-state index contributed by atoms with van der Waals surface area (Å²) in [6.07, 6.45) is 2.20. The Labute approximate surface area is 117 Å². The third kappa shape index (κ3) is 2.58. The third-order valence-corrected chi connectivity index (χ3v) is 3.22. The monoisotopic (exact) mass is 328 g/mol. The van der Waals surface area contributed by atoms with E-state index in [1.54, 1.807) is 0 Å². The highest BCUT2D eigenvalue weighted by molar-refractivity contribution is 9.10. The van der Waals surface area contributed by atoms with E-state index in [2.05, 4.69) is 21.0 Å². The van der Waals surface area contributed by atoms with Crippen molar-refractivity contribution in [3.05, 3.63) is 51.8 Å². The molecule has 0 saturated carbocycles. The summed E-state index contributed by atoms with van der Waals surface area (Å²) in [5, 5.41) is 4.02. The number of aromatic nitrogens is 2. The minimum Gasteiger partial charge on any atom is -0.287 e. The molecule has 2 aromatic rings. The number of halogens is 3. The maximum atomic E-state index is 13.6. The summed E-state index contributed by atoms with van der Waals surface area (Å²) in [6, 6.07) is 3.34. The Morgan fingerprint density at radius 2 is 2.00 bits per heavy atom. The first kappa shape index (κ1) is 13.9. The Morgan fingerprint density at radius 3 is 2.58 bits per heavy atom. The summed E-state index contributed by atoms with van der Waals surface area (Å²) >= 11 is 3.19. The molecule has 3 nitrogen and oxygen atoms in total. The molecule has 0 N–H and O–H groups in total. The van der Waals surface area contributed by atoms with Crippen LogP contribution in [0.4, 0.5) is 8.78 Å². The molecule has 0 atom stereocenters. The van der Waals surface area contributed by atoms with E-state index in [9.17, 15) is 13.6 Å². The lowest BCUT2D eigenvalue weighted by Crippen LogP contribution is -2.15. The summed E-state index contributed by atoms with van der Waals surface area (Å²) in [7, 11) is 0. The first-order valence-electron chi connectivity index (χ1n) is 5.76. The molecule has 0 aliphatic carbocycles. The summed E-state index contributed by atoms with van der Waals surface area (Å²) in [6.45, 7) is 2.43. The van der Waals surface area contributed by atoms with E-state index in [1.807, 2.05) is 6.92 Å². The Morgan fingerprint density at radius 1 is 1.37 bits per heavy atom. The lowest BCUT2D eigenvalue weighted by molar-refractivity contribution is 0.102. The highest BCUT2D eigenvalue weighted by Crippen LogP contribution is 2.23. The van der Waals surface area contributed by atoms with Crippen molar-refractivity contribution in [2.45, 2.75) is 19.9 Å². The van der Waals surface area contributed by atoms with Crippen LogP contribution in [-0.4, -0.2) is 15.6 Å². The van der Waals surface area contributed by atoms with Gasteiger partial charge in [0.2, 0.25) is 5.78 Å². The van der Waals surface area contributed by atoms with E-state index in [-0.39, 0.29) is 5.69 Å². The number of ketones is 1. The van der Waals surface area contributed by atoms with Gasteiger partial charge in [-0.05, 0) is 34.5 Å². The molecular weight excluding hydrogens is 318 g/mol. The van der Waals surface area contributed by atoms with Crippen molar-refractivity contribution in [3.8, 4) is 0 Å². The minimum absolute atomic E-state index is 0.158. The van der Waals surface area contributed by atoms with Gasteiger partial charge in [0.15, 0.2) is 0 Å². The Kier molecular flexibility index (Phi) is 4.09. The molecule has 0 unspecified atom stereocenters. The van der Waals surface area contributed by atoms with Crippen LogP contribution in [0.1, 0.15) is 29.4 Å². The number of hydrogen-bond acceptors (Lipinski definition) is 2. The van der Waals surface area contributed by atoms with Crippen LogP contribution < -0.4 is 0 Å². The summed E-state index contributed by atoms with van der Waals surface area (Å²) in [5.74, 6) is -2.46. The number of carbonyl (C=O) groups excluding carboxylic acids is 1. The fourth-order valence-corrected chi connectivity index (χ4v) is 2.28. The van der Waals surface area contributed by atoms with Gasteiger partial charge in [-0.15, -0.1) is 0 Å². The fraction of sp³-hybridized carbons (Fsp3) is 0.231. The Balaban J connectivity index is 2.53. The molecule has 0 fully saturated rings. The molecule has 0 aliphatic rings. The molecule has 1 aromatic carbocycles. The van der Waals surface area contributed by atoms with E-state index in [0.717, 1.165) is 18.6 Å². The molecule has 19 heavy (non-hydrogen) atoms. The van der Waals surface area contributed by atoms with E-state index in [1.165, 1.54) is 16.9 Å². The number of carbonyl (C=O) groups is 1. The second-order valence-corrected chi connectivity index (χ2v) is 4.84. The van der Waals surface area contributed by atoms with Gasteiger partial charge in [-0.25, -0.2) is 8.78 Å². The van der Waals surface area contributed by atoms with Crippen molar-refractivity contribution in [1.29, 1.82) is 0 Å². The van der Waals surface area contributed by atoms with Crippen molar-refractivity contribution in [2.75, 3.05) is 0 Å². The number of aryl methyl sites for hydroxylation is 1. The van der Waals surface area contributed by atoms with Gasteiger partial charge in [0.05, 0.1) is 16.2 Å². The first-order chi connectivity index (χ1) is 9.06. The predicted molar refractivity (Wildman–Crippen MR) is 70.0 cm³/mol. The number of hydrogen-bond donors (Lipinski definition) is 0.